The van der Waals surface area contributed by atoms with Crippen LogP contribution in [0.2, 0.25) is 0 Å². The van der Waals surface area contributed by atoms with Crippen molar-refractivity contribution >= 4 is 22.6 Å². The maximum Gasteiger partial charge on any atom is 0.263 e. The summed E-state index contributed by atoms with van der Waals surface area (Å²) in [6.45, 7) is 0. The van der Waals surface area contributed by atoms with Gasteiger partial charge in [-0.15, -0.1) is 0 Å². The smallest absolute Gasteiger partial charge is 0.263 e. The van der Waals surface area contributed by atoms with E-state index >= 15 is 0 Å². The topological polar surface area (TPSA) is 63.8 Å². The summed E-state index contributed by atoms with van der Waals surface area (Å²) in [5, 5.41) is 7.40. The molecule has 4 rings (SSSR count). The summed E-state index contributed by atoms with van der Waals surface area (Å²) in [6.07, 6.45) is 1.30. The summed E-state index contributed by atoms with van der Waals surface area (Å²) in [5.41, 5.74) is 1.61. The van der Waals surface area contributed by atoms with Crippen molar-refractivity contribution in [2.45, 2.75) is 0 Å². The number of para-hydroxylation sites is 1. The minimum Gasteiger partial charge on any atom is -0.337 e. The van der Waals surface area contributed by atoms with Gasteiger partial charge in [-0.3, -0.25) is 0 Å². The number of benzene rings is 2. The summed E-state index contributed by atoms with van der Waals surface area (Å²) in [7, 11) is 0. The van der Waals surface area contributed by atoms with Gasteiger partial charge < -0.3 is 9.84 Å². The minimum atomic E-state index is -0.413. The SMILES string of the molecule is Fc1ccc(-c2noc3ncnc(Nc4ccccc4F)c23)cc1. The molecule has 0 amide bonds. The molecule has 0 aliphatic heterocycles. The largest absolute Gasteiger partial charge is 0.337 e. The fraction of sp³-hybridized carbons (Fsp3) is 0. The van der Waals surface area contributed by atoms with Crippen molar-refractivity contribution in [1.82, 2.24) is 15.1 Å². The quantitative estimate of drug-likeness (QED) is 0.608. The normalized spacial score (nSPS) is 10.9. The first-order valence-electron chi connectivity index (χ1n) is 7.10. The first-order chi connectivity index (χ1) is 11.7. The van der Waals surface area contributed by atoms with Crippen molar-refractivity contribution in [3.63, 3.8) is 0 Å². The van der Waals surface area contributed by atoms with E-state index in [9.17, 15) is 8.78 Å². The molecule has 0 fully saturated rings. The van der Waals surface area contributed by atoms with Crippen LogP contribution in [0.15, 0.2) is 59.4 Å². The number of aromatic nitrogens is 3. The molecule has 118 valence electrons. The Balaban J connectivity index is 1.86. The lowest BCUT2D eigenvalue weighted by molar-refractivity contribution is 0.451. The molecule has 7 heteroatoms. The zero-order valence-corrected chi connectivity index (χ0v) is 12.2. The minimum absolute atomic E-state index is 0.253. The molecule has 0 radical (unpaired) electrons. The summed E-state index contributed by atoms with van der Waals surface area (Å²) in [5.74, 6) is -0.415. The van der Waals surface area contributed by atoms with Gasteiger partial charge in [0.2, 0.25) is 0 Å². The molecule has 0 unspecified atom stereocenters. The maximum atomic E-state index is 13.9. The summed E-state index contributed by atoms with van der Waals surface area (Å²) in [6, 6.07) is 12.0. The standard InChI is InChI=1S/C17H10F2N4O/c18-11-7-5-10(6-8-11)15-14-16(20-9-21-17(14)24-23-15)22-13-4-2-1-3-12(13)19/h1-9H,(H,20,21,22). The van der Waals surface area contributed by atoms with Crippen molar-refractivity contribution in [3.8, 4) is 11.3 Å². The zero-order valence-electron chi connectivity index (χ0n) is 12.2. The van der Waals surface area contributed by atoms with E-state index < -0.39 is 5.82 Å². The van der Waals surface area contributed by atoms with Crippen LogP contribution in [0.3, 0.4) is 0 Å². The van der Waals surface area contributed by atoms with Crippen molar-refractivity contribution in [2.24, 2.45) is 0 Å². The first kappa shape index (κ1) is 14.3. The Kier molecular flexibility index (Phi) is 3.38. The number of nitrogens with zero attached hydrogens (tertiary/aromatic N) is 3. The predicted octanol–water partition coefficient (Wildman–Crippen LogP) is 4.31. The fourth-order valence-corrected chi connectivity index (χ4v) is 2.38. The molecule has 2 aromatic heterocycles. The van der Waals surface area contributed by atoms with Gasteiger partial charge in [-0.1, -0.05) is 17.3 Å². The molecule has 0 bridgehead atoms. The van der Waals surface area contributed by atoms with E-state index in [1.807, 2.05) is 0 Å². The molecule has 4 aromatic rings. The van der Waals surface area contributed by atoms with Crippen molar-refractivity contribution < 1.29 is 13.3 Å². The van der Waals surface area contributed by atoms with E-state index in [-0.39, 0.29) is 17.2 Å². The molecule has 24 heavy (non-hydrogen) atoms. The lowest BCUT2D eigenvalue weighted by atomic mass is 10.1. The lowest BCUT2D eigenvalue weighted by Crippen LogP contribution is -1.97. The number of fused-ring (bicyclic) bond motifs is 1. The number of nitrogens with one attached hydrogen (secondary N) is 1. The number of rotatable bonds is 3. The van der Waals surface area contributed by atoms with Crippen LogP contribution in [0.25, 0.3) is 22.4 Å². The lowest BCUT2D eigenvalue weighted by Gasteiger charge is -2.07. The molecule has 2 aromatic carbocycles. The van der Waals surface area contributed by atoms with E-state index in [0.29, 0.717) is 22.5 Å². The van der Waals surface area contributed by atoms with E-state index in [2.05, 4.69) is 20.4 Å². The third-order valence-corrected chi connectivity index (χ3v) is 3.52. The number of hydrogen-bond donors (Lipinski definition) is 1. The van der Waals surface area contributed by atoms with Crippen molar-refractivity contribution in [2.75, 3.05) is 5.32 Å². The Morgan fingerprint density at radius 2 is 1.71 bits per heavy atom. The average molecular weight is 324 g/mol. The molecule has 0 saturated carbocycles. The van der Waals surface area contributed by atoms with Gasteiger partial charge in [0.15, 0.2) is 0 Å². The Bertz CT molecular complexity index is 1010. The van der Waals surface area contributed by atoms with Gasteiger partial charge >= 0.3 is 0 Å². The van der Waals surface area contributed by atoms with Crippen LogP contribution in [0.5, 0.6) is 0 Å². The monoisotopic (exact) mass is 324 g/mol. The Hall–Kier alpha value is -3.35. The van der Waals surface area contributed by atoms with Crippen molar-refractivity contribution in [1.29, 1.82) is 0 Å². The van der Waals surface area contributed by atoms with E-state index in [0.717, 1.165) is 0 Å². The van der Waals surface area contributed by atoms with Gasteiger partial charge in [-0.2, -0.15) is 4.98 Å². The second kappa shape index (κ2) is 5.69. The van der Waals surface area contributed by atoms with Gasteiger partial charge in [-0.05, 0) is 36.4 Å². The molecule has 0 atom stereocenters. The van der Waals surface area contributed by atoms with E-state index in [4.69, 9.17) is 4.52 Å². The van der Waals surface area contributed by atoms with Crippen molar-refractivity contribution in [3.05, 3.63) is 66.5 Å². The van der Waals surface area contributed by atoms with Crippen LogP contribution in [0, 0.1) is 11.6 Å². The van der Waals surface area contributed by atoms with Crippen LogP contribution >= 0.6 is 0 Å². The van der Waals surface area contributed by atoms with Gasteiger partial charge in [-0.25, -0.2) is 13.8 Å². The van der Waals surface area contributed by atoms with E-state index in [1.54, 1.807) is 30.3 Å². The van der Waals surface area contributed by atoms with Gasteiger partial charge in [0.1, 0.15) is 34.9 Å². The maximum absolute atomic E-state index is 13.9. The van der Waals surface area contributed by atoms with E-state index in [1.165, 1.54) is 24.5 Å². The molecule has 0 aliphatic carbocycles. The van der Waals surface area contributed by atoms with Crippen LogP contribution in [0.4, 0.5) is 20.3 Å². The highest BCUT2D eigenvalue weighted by molar-refractivity contribution is 5.98. The van der Waals surface area contributed by atoms with Gasteiger partial charge in [0, 0.05) is 5.56 Å². The third-order valence-electron chi connectivity index (χ3n) is 3.52. The van der Waals surface area contributed by atoms with Gasteiger partial charge in [0.05, 0.1) is 5.69 Å². The molecular weight excluding hydrogens is 314 g/mol. The summed E-state index contributed by atoms with van der Waals surface area (Å²) >= 11 is 0. The first-order valence-corrected chi connectivity index (χ1v) is 7.10. The number of anilines is 2. The van der Waals surface area contributed by atoms with Crippen LogP contribution in [-0.2, 0) is 0 Å². The Morgan fingerprint density at radius 3 is 2.50 bits per heavy atom. The molecular formula is C17H10F2N4O. The molecule has 2 heterocycles. The second-order valence-corrected chi connectivity index (χ2v) is 5.05. The van der Waals surface area contributed by atoms with Gasteiger partial charge in [0.25, 0.3) is 5.71 Å². The fourth-order valence-electron chi connectivity index (χ4n) is 2.38. The highest BCUT2D eigenvalue weighted by atomic mass is 19.1. The van der Waals surface area contributed by atoms with Crippen LogP contribution in [0.1, 0.15) is 0 Å². The summed E-state index contributed by atoms with van der Waals surface area (Å²) < 4.78 is 32.2. The van der Waals surface area contributed by atoms with Crippen LogP contribution in [-0.4, -0.2) is 15.1 Å². The summed E-state index contributed by atoms with van der Waals surface area (Å²) in [4.78, 5) is 8.18. The Morgan fingerprint density at radius 1 is 0.917 bits per heavy atom. The highest BCUT2D eigenvalue weighted by Gasteiger charge is 2.17. The molecule has 0 saturated heterocycles. The van der Waals surface area contributed by atoms with Crippen LogP contribution < -0.4 is 5.32 Å². The number of halogens is 2. The molecule has 5 nitrogen and oxygen atoms in total. The second-order valence-electron chi connectivity index (χ2n) is 5.05. The molecule has 0 spiro atoms. The predicted molar refractivity (Wildman–Crippen MR) is 84.7 cm³/mol. The highest BCUT2D eigenvalue weighted by Crippen LogP contribution is 2.33. The molecule has 1 N–H and O–H groups in total. The average Bonchev–Trinajstić information content (AvgIpc) is 3.03. The third kappa shape index (κ3) is 2.45. The zero-order chi connectivity index (χ0) is 16.5. The molecule has 0 aliphatic rings. The number of hydrogen-bond acceptors (Lipinski definition) is 5. The Labute approximate surface area is 135 Å².